The number of amides is 2. The van der Waals surface area contributed by atoms with Crippen molar-refractivity contribution in [3.05, 3.63) is 126 Å². The van der Waals surface area contributed by atoms with Crippen LogP contribution in [0.15, 0.2) is 99.0 Å². The molecule has 0 saturated heterocycles. The Balaban J connectivity index is 1.46. The number of anilines is 1. The lowest BCUT2D eigenvalue weighted by molar-refractivity contribution is 0.0732. The molecule has 0 bridgehead atoms. The summed E-state index contributed by atoms with van der Waals surface area (Å²) in [6, 6.07) is 22.7. The SMILES string of the molecule is O=C(NN=Cc1cc(Br)cc(Br)c1OC(=O)c1ccc(Cl)cc1)c1cccc(NC(=O)c2ccccc2Cl)c1. The first kappa shape index (κ1) is 28.5. The standard InChI is InChI=1S/C28H17Br2Cl2N3O4/c29-19-12-18(25(23(30)14-19)39-28(38)16-8-10-20(31)11-9-16)15-33-35-26(36)17-4-3-5-21(13-17)34-27(37)22-6-1-2-7-24(22)32/h1-15H,(H,34,37)(H,35,36). The fourth-order valence-electron chi connectivity index (χ4n) is 3.33. The van der Waals surface area contributed by atoms with Gasteiger partial charge in [-0.3, -0.25) is 9.59 Å². The molecule has 2 N–H and O–H groups in total. The largest absolute Gasteiger partial charge is 0.421 e. The summed E-state index contributed by atoms with van der Waals surface area (Å²) < 4.78 is 6.78. The summed E-state index contributed by atoms with van der Waals surface area (Å²) in [7, 11) is 0. The highest BCUT2D eigenvalue weighted by atomic mass is 79.9. The van der Waals surface area contributed by atoms with E-state index in [1.807, 2.05) is 0 Å². The van der Waals surface area contributed by atoms with Crippen LogP contribution in [0, 0.1) is 0 Å². The van der Waals surface area contributed by atoms with Crippen LogP contribution in [0.5, 0.6) is 5.75 Å². The van der Waals surface area contributed by atoms with Crippen LogP contribution in [0.4, 0.5) is 5.69 Å². The number of benzene rings is 4. The summed E-state index contributed by atoms with van der Waals surface area (Å²) in [6.07, 6.45) is 1.35. The molecule has 0 aliphatic rings. The van der Waals surface area contributed by atoms with E-state index in [0.717, 1.165) is 0 Å². The third-order valence-corrected chi connectivity index (χ3v) is 6.81. The second-order valence-electron chi connectivity index (χ2n) is 7.92. The topological polar surface area (TPSA) is 96.9 Å². The van der Waals surface area contributed by atoms with Gasteiger partial charge in [0.1, 0.15) is 0 Å². The van der Waals surface area contributed by atoms with Crippen LogP contribution in [0.25, 0.3) is 0 Å². The van der Waals surface area contributed by atoms with E-state index in [2.05, 4.69) is 47.7 Å². The average Bonchev–Trinajstić information content (AvgIpc) is 2.91. The Morgan fingerprint density at radius 1 is 0.821 bits per heavy atom. The molecule has 0 spiro atoms. The minimum atomic E-state index is -0.593. The number of rotatable bonds is 7. The van der Waals surface area contributed by atoms with Gasteiger partial charge in [-0.05, 0) is 82.7 Å². The molecular formula is C28H17Br2Cl2N3O4. The Hall–Kier alpha value is -3.50. The Bertz CT molecular complexity index is 1590. The van der Waals surface area contributed by atoms with Crippen LogP contribution in [0.3, 0.4) is 0 Å². The van der Waals surface area contributed by atoms with Crippen molar-refractivity contribution < 1.29 is 19.1 Å². The Morgan fingerprint density at radius 2 is 1.56 bits per heavy atom. The number of halogens is 4. The molecule has 0 radical (unpaired) electrons. The zero-order chi connectivity index (χ0) is 27.9. The summed E-state index contributed by atoms with van der Waals surface area (Å²) in [5.41, 5.74) is 4.14. The van der Waals surface area contributed by atoms with Gasteiger partial charge in [-0.2, -0.15) is 5.10 Å². The second-order valence-corrected chi connectivity index (χ2v) is 10.5. The number of nitrogens with zero attached hydrogens (tertiary/aromatic N) is 1. The molecule has 196 valence electrons. The van der Waals surface area contributed by atoms with Crippen LogP contribution < -0.4 is 15.5 Å². The van der Waals surface area contributed by atoms with Gasteiger partial charge in [0.15, 0.2) is 5.75 Å². The number of carbonyl (C=O) groups is 3. The quantitative estimate of drug-likeness (QED) is 0.0898. The van der Waals surface area contributed by atoms with Gasteiger partial charge in [0, 0.05) is 26.3 Å². The highest BCUT2D eigenvalue weighted by molar-refractivity contribution is 9.11. The Labute approximate surface area is 250 Å². The molecule has 0 heterocycles. The van der Waals surface area contributed by atoms with Gasteiger partial charge < -0.3 is 10.1 Å². The number of carbonyl (C=O) groups excluding carboxylic acids is 3. The molecule has 4 rings (SSSR count). The summed E-state index contributed by atoms with van der Waals surface area (Å²) in [5, 5.41) is 7.55. The van der Waals surface area contributed by atoms with E-state index in [1.165, 1.54) is 12.3 Å². The number of hydrogen-bond donors (Lipinski definition) is 2. The first-order valence-corrected chi connectivity index (χ1v) is 13.5. The summed E-state index contributed by atoms with van der Waals surface area (Å²) in [5.74, 6) is -1.31. The van der Waals surface area contributed by atoms with E-state index in [0.29, 0.717) is 41.4 Å². The van der Waals surface area contributed by atoms with E-state index in [9.17, 15) is 14.4 Å². The van der Waals surface area contributed by atoms with Crippen molar-refractivity contribution in [2.75, 3.05) is 5.32 Å². The van der Waals surface area contributed by atoms with E-state index < -0.39 is 17.8 Å². The van der Waals surface area contributed by atoms with Crippen molar-refractivity contribution in [3.8, 4) is 5.75 Å². The summed E-state index contributed by atoms with van der Waals surface area (Å²) in [4.78, 5) is 37.9. The zero-order valence-corrected chi connectivity index (χ0v) is 24.4. The predicted octanol–water partition coefficient (Wildman–Crippen LogP) is 7.75. The van der Waals surface area contributed by atoms with Gasteiger partial charge >= 0.3 is 5.97 Å². The lowest BCUT2D eigenvalue weighted by Gasteiger charge is -2.11. The molecule has 0 unspecified atom stereocenters. The van der Waals surface area contributed by atoms with E-state index in [-0.39, 0.29) is 11.3 Å². The monoisotopic (exact) mass is 687 g/mol. The van der Waals surface area contributed by atoms with Crippen molar-refractivity contribution >= 4 is 84.7 Å². The smallest absolute Gasteiger partial charge is 0.343 e. The number of ether oxygens (including phenoxy) is 1. The van der Waals surface area contributed by atoms with Crippen LogP contribution in [-0.2, 0) is 0 Å². The van der Waals surface area contributed by atoms with Crippen molar-refractivity contribution in [1.82, 2.24) is 5.43 Å². The molecule has 0 saturated carbocycles. The van der Waals surface area contributed by atoms with Gasteiger partial charge in [-0.1, -0.05) is 57.3 Å². The first-order valence-electron chi connectivity index (χ1n) is 11.2. The minimum Gasteiger partial charge on any atom is -0.421 e. The molecule has 0 aliphatic carbocycles. The third kappa shape index (κ3) is 7.54. The molecule has 2 amide bonds. The number of nitrogens with one attached hydrogen (secondary N) is 2. The summed E-state index contributed by atoms with van der Waals surface area (Å²) >= 11 is 18.8. The van der Waals surface area contributed by atoms with E-state index >= 15 is 0 Å². The maximum absolute atomic E-state index is 12.7. The summed E-state index contributed by atoms with van der Waals surface area (Å²) in [6.45, 7) is 0. The second kappa shape index (κ2) is 13.0. The average molecular weight is 690 g/mol. The molecule has 39 heavy (non-hydrogen) atoms. The third-order valence-electron chi connectivity index (χ3n) is 5.18. The molecular weight excluding hydrogens is 673 g/mol. The van der Waals surface area contributed by atoms with Crippen LogP contribution in [-0.4, -0.2) is 24.0 Å². The molecule has 7 nitrogen and oxygen atoms in total. The fourth-order valence-corrected chi connectivity index (χ4v) is 5.02. The molecule has 0 atom stereocenters. The number of hydrazone groups is 1. The Kier molecular flexibility index (Phi) is 9.53. The lowest BCUT2D eigenvalue weighted by atomic mass is 10.1. The predicted molar refractivity (Wildman–Crippen MR) is 159 cm³/mol. The van der Waals surface area contributed by atoms with Crippen molar-refractivity contribution in [1.29, 1.82) is 0 Å². The van der Waals surface area contributed by atoms with Gasteiger partial charge in [0.25, 0.3) is 11.8 Å². The molecule has 11 heteroatoms. The zero-order valence-electron chi connectivity index (χ0n) is 19.8. The van der Waals surface area contributed by atoms with E-state index in [4.69, 9.17) is 27.9 Å². The van der Waals surface area contributed by atoms with Gasteiger partial charge in [0.05, 0.1) is 26.8 Å². The molecule has 4 aromatic carbocycles. The number of hydrogen-bond acceptors (Lipinski definition) is 5. The van der Waals surface area contributed by atoms with Crippen molar-refractivity contribution in [2.24, 2.45) is 5.10 Å². The maximum atomic E-state index is 12.7. The van der Waals surface area contributed by atoms with Crippen LogP contribution in [0.1, 0.15) is 36.6 Å². The van der Waals surface area contributed by atoms with E-state index in [1.54, 1.807) is 78.9 Å². The maximum Gasteiger partial charge on any atom is 0.343 e. The van der Waals surface area contributed by atoms with Gasteiger partial charge in [-0.25, -0.2) is 10.2 Å². The molecule has 0 fully saturated rings. The normalized spacial score (nSPS) is 10.8. The molecule has 0 aliphatic heterocycles. The highest BCUT2D eigenvalue weighted by Crippen LogP contribution is 2.33. The lowest BCUT2D eigenvalue weighted by Crippen LogP contribution is -2.18. The van der Waals surface area contributed by atoms with Crippen LogP contribution in [0.2, 0.25) is 10.0 Å². The first-order chi connectivity index (χ1) is 18.7. The number of esters is 1. The van der Waals surface area contributed by atoms with Crippen molar-refractivity contribution in [3.63, 3.8) is 0 Å². The van der Waals surface area contributed by atoms with Gasteiger partial charge in [-0.15, -0.1) is 0 Å². The minimum absolute atomic E-state index is 0.209. The molecule has 4 aromatic rings. The Morgan fingerprint density at radius 3 is 2.31 bits per heavy atom. The molecule has 0 aromatic heterocycles. The fraction of sp³-hybridized carbons (Fsp3) is 0. The van der Waals surface area contributed by atoms with Crippen molar-refractivity contribution in [2.45, 2.75) is 0 Å². The van der Waals surface area contributed by atoms with Gasteiger partial charge in [0.2, 0.25) is 0 Å². The van der Waals surface area contributed by atoms with Crippen LogP contribution >= 0.6 is 55.1 Å². The highest BCUT2D eigenvalue weighted by Gasteiger charge is 2.16.